The first kappa shape index (κ1) is 21.2. The van der Waals surface area contributed by atoms with Crippen molar-refractivity contribution in [1.29, 1.82) is 0 Å². The van der Waals surface area contributed by atoms with Gasteiger partial charge in [0.25, 0.3) is 0 Å². The summed E-state index contributed by atoms with van der Waals surface area (Å²) < 4.78 is 10.8. The molecule has 0 bridgehead atoms. The number of rotatable bonds is 4. The lowest BCUT2D eigenvalue weighted by atomic mass is 9.97. The molecule has 6 nitrogen and oxygen atoms in total. The molecule has 4 aromatic rings. The number of morpholine rings is 1. The quantitative estimate of drug-likeness (QED) is 0.481. The summed E-state index contributed by atoms with van der Waals surface area (Å²) in [5.41, 5.74) is 14.9. The summed E-state index contributed by atoms with van der Waals surface area (Å²) in [6.45, 7) is 7.51. The molecule has 2 N–H and O–H groups in total. The van der Waals surface area contributed by atoms with E-state index in [1.54, 1.807) is 7.11 Å². The maximum Gasteiger partial charge on any atom is 0.215 e. The molecule has 5 rings (SSSR count). The first-order valence-corrected chi connectivity index (χ1v) is 11.2. The summed E-state index contributed by atoms with van der Waals surface area (Å²) in [7, 11) is 1.64. The summed E-state index contributed by atoms with van der Waals surface area (Å²) in [5, 5.41) is 1.04. The Balaban J connectivity index is 1.53. The summed E-state index contributed by atoms with van der Waals surface area (Å²) in [5.74, 6) is 1.19. The third-order valence-electron chi connectivity index (χ3n) is 6.28. The van der Waals surface area contributed by atoms with E-state index < -0.39 is 0 Å². The number of benzene rings is 2. The molecule has 1 aliphatic rings. The number of nitrogen functional groups attached to an aromatic ring is 1. The van der Waals surface area contributed by atoms with Crippen molar-refractivity contribution in [2.75, 3.05) is 44.0 Å². The molecule has 6 heteroatoms. The van der Waals surface area contributed by atoms with E-state index in [-0.39, 0.29) is 0 Å². The molecule has 33 heavy (non-hydrogen) atoms. The number of aromatic nitrogens is 2. The number of hydrogen-bond donors (Lipinski definition) is 1. The lowest BCUT2D eigenvalue weighted by molar-refractivity contribution is 0.122. The first-order valence-electron chi connectivity index (χ1n) is 11.2. The molecule has 0 saturated carbocycles. The van der Waals surface area contributed by atoms with Crippen LogP contribution in [0, 0.1) is 13.8 Å². The number of nitrogens with zero attached hydrogens (tertiary/aromatic N) is 3. The van der Waals surface area contributed by atoms with Crippen molar-refractivity contribution in [3.05, 3.63) is 65.9 Å². The molecular formula is C27H28N4O2. The van der Waals surface area contributed by atoms with E-state index in [0.717, 1.165) is 65.0 Å². The molecule has 0 spiro atoms. The van der Waals surface area contributed by atoms with Gasteiger partial charge in [0.2, 0.25) is 5.88 Å². The zero-order chi connectivity index (χ0) is 22.9. The lowest BCUT2D eigenvalue weighted by Crippen LogP contribution is -2.36. The number of hydrogen-bond acceptors (Lipinski definition) is 6. The molecular weight excluding hydrogens is 412 g/mol. The number of pyridine rings is 2. The van der Waals surface area contributed by atoms with Crippen LogP contribution in [0.25, 0.3) is 33.2 Å². The van der Waals surface area contributed by atoms with E-state index in [0.29, 0.717) is 11.7 Å². The van der Waals surface area contributed by atoms with Crippen LogP contribution in [0.5, 0.6) is 5.88 Å². The molecule has 3 heterocycles. The number of methoxy groups -OCH3 is 1. The van der Waals surface area contributed by atoms with Gasteiger partial charge >= 0.3 is 0 Å². The van der Waals surface area contributed by atoms with Crippen molar-refractivity contribution in [2.45, 2.75) is 13.8 Å². The van der Waals surface area contributed by atoms with Gasteiger partial charge in [0.15, 0.2) is 0 Å². The Kier molecular flexibility index (Phi) is 5.60. The van der Waals surface area contributed by atoms with Crippen LogP contribution in [-0.2, 0) is 4.74 Å². The van der Waals surface area contributed by atoms with Crippen molar-refractivity contribution >= 4 is 22.4 Å². The van der Waals surface area contributed by atoms with E-state index in [1.165, 1.54) is 11.3 Å². The SMILES string of the molecule is COc1ncc(-c2ccc3nc(N)c(-c4ccc(N5CCOCC5)cc4C)cc3c2)cc1C. The van der Waals surface area contributed by atoms with E-state index >= 15 is 0 Å². The Bertz CT molecular complexity index is 1330. The van der Waals surface area contributed by atoms with Crippen molar-refractivity contribution in [3.8, 4) is 28.1 Å². The number of ether oxygens (including phenoxy) is 2. The van der Waals surface area contributed by atoms with E-state index in [4.69, 9.17) is 20.2 Å². The third kappa shape index (κ3) is 4.10. The highest BCUT2D eigenvalue weighted by Crippen LogP contribution is 2.34. The van der Waals surface area contributed by atoms with Gasteiger partial charge in [-0.15, -0.1) is 0 Å². The standard InChI is InChI=1S/C27H28N4O2/c1-17-13-22(31-8-10-33-11-9-31)5-6-23(17)24-15-20-14-19(4-7-25(20)30-26(24)28)21-12-18(2)27(32-3)29-16-21/h4-7,12-16H,8-11H2,1-3H3,(H2,28,30). The summed E-state index contributed by atoms with van der Waals surface area (Å²) in [6.07, 6.45) is 1.84. The molecule has 1 aliphatic heterocycles. The predicted molar refractivity (Wildman–Crippen MR) is 134 cm³/mol. The number of anilines is 2. The molecule has 0 aliphatic carbocycles. The Morgan fingerprint density at radius 2 is 1.73 bits per heavy atom. The topological polar surface area (TPSA) is 73.5 Å². The minimum Gasteiger partial charge on any atom is -0.481 e. The summed E-state index contributed by atoms with van der Waals surface area (Å²) >= 11 is 0. The van der Waals surface area contributed by atoms with Crippen LogP contribution >= 0.6 is 0 Å². The van der Waals surface area contributed by atoms with Gasteiger partial charge in [-0.25, -0.2) is 9.97 Å². The second-order valence-corrected chi connectivity index (χ2v) is 8.48. The smallest absolute Gasteiger partial charge is 0.215 e. The van der Waals surface area contributed by atoms with E-state index in [2.05, 4.69) is 59.3 Å². The van der Waals surface area contributed by atoms with Crippen molar-refractivity contribution < 1.29 is 9.47 Å². The van der Waals surface area contributed by atoms with Crippen LogP contribution in [0.1, 0.15) is 11.1 Å². The van der Waals surface area contributed by atoms with Gasteiger partial charge in [-0.1, -0.05) is 12.1 Å². The highest BCUT2D eigenvalue weighted by molar-refractivity contribution is 5.92. The number of aryl methyl sites for hydroxylation is 2. The molecule has 2 aromatic carbocycles. The molecule has 0 unspecified atom stereocenters. The average molecular weight is 441 g/mol. The minimum absolute atomic E-state index is 0.541. The van der Waals surface area contributed by atoms with Crippen LogP contribution < -0.4 is 15.4 Å². The average Bonchev–Trinajstić information content (AvgIpc) is 2.84. The van der Waals surface area contributed by atoms with E-state index in [1.807, 2.05) is 19.2 Å². The predicted octanol–water partition coefficient (Wildman–Crippen LogP) is 5.01. The Morgan fingerprint density at radius 3 is 2.45 bits per heavy atom. The van der Waals surface area contributed by atoms with Crippen molar-refractivity contribution in [2.24, 2.45) is 0 Å². The molecule has 0 atom stereocenters. The second-order valence-electron chi connectivity index (χ2n) is 8.48. The zero-order valence-electron chi connectivity index (χ0n) is 19.3. The molecule has 168 valence electrons. The monoisotopic (exact) mass is 440 g/mol. The van der Waals surface area contributed by atoms with Gasteiger partial charge in [0.05, 0.1) is 25.8 Å². The largest absolute Gasteiger partial charge is 0.481 e. The van der Waals surface area contributed by atoms with Gasteiger partial charge in [-0.3, -0.25) is 0 Å². The molecule has 2 aromatic heterocycles. The molecule has 1 fully saturated rings. The van der Waals surface area contributed by atoms with Crippen LogP contribution in [-0.4, -0.2) is 43.4 Å². The van der Waals surface area contributed by atoms with Gasteiger partial charge in [0, 0.05) is 47.1 Å². The van der Waals surface area contributed by atoms with Crippen molar-refractivity contribution in [3.63, 3.8) is 0 Å². The second kappa shape index (κ2) is 8.71. The fraction of sp³-hybridized carbons (Fsp3) is 0.259. The molecule has 0 radical (unpaired) electrons. The van der Waals surface area contributed by atoms with Crippen LogP contribution in [0.15, 0.2) is 54.7 Å². The highest BCUT2D eigenvalue weighted by atomic mass is 16.5. The Labute approximate surface area is 194 Å². The van der Waals surface area contributed by atoms with Crippen LogP contribution in [0.4, 0.5) is 11.5 Å². The van der Waals surface area contributed by atoms with Gasteiger partial charge in [0.1, 0.15) is 5.82 Å². The maximum absolute atomic E-state index is 6.41. The van der Waals surface area contributed by atoms with Crippen LogP contribution in [0.2, 0.25) is 0 Å². The Morgan fingerprint density at radius 1 is 0.909 bits per heavy atom. The summed E-state index contributed by atoms with van der Waals surface area (Å²) in [6, 6.07) is 17.0. The third-order valence-corrected chi connectivity index (χ3v) is 6.28. The fourth-order valence-corrected chi connectivity index (χ4v) is 4.49. The highest BCUT2D eigenvalue weighted by Gasteiger charge is 2.15. The number of nitrogens with two attached hydrogens (primary N) is 1. The zero-order valence-corrected chi connectivity index (χ0v) is 19.3. The van der Waals surface area contributed by atoms with Gasteiger partial charge in [-0.2, -0.15) is 0 Å². The summed E-state index contributed by atoms with van der Waals surface area (Å²) in [4.78, 5) is 11.5. The van der Waals surface area contributed by atoms with Gasteiger partial charge < -0.3 is 20.1 Å². The molecule has 0 amide bonds. The minimum atomic E-state index is 0.541. The fourth-order valence-electron chi connectivity index (χ4n) is 4.49. The van der Waals surface area contributed by atoms with Gasteiger partial charge in [-0.05, 0) is 66.9 Å². The van der Waals surface area contributed by atoms with Crippen LogP contribution in [0.3, 0.4) is 0 Å². The van der Waals surface area contributed by atoms with Crippen molar-refractivity contribution in [1.82, 2.24) is 9.97 Å². The Hall–Kier alpha value is -3.64. The van der Waals surface area contributed by atoms with E-state index in [9.17, 15) is 0 Å². The maximum atomic E-state index is 6.41. The normalized spacial score (nSPS) is 14.0. The molecule has 1 saturated heterocycles. The first-order chi connectivity index (χ1) is 16.0. The number of fused-ring (bicyclic) bond motifs is 1. The lowest BCUT2D eigenvalue weighted by Gasteiger charge is -2.29.